The predicted molar refractivity (Wildman–Crippen MR) is 122 cm³/mol. The summed E-state index contributed by atoms with van der Waals surface area (Å²) in [6.45, 7) is 0. The van der Waals surface area contributed by atoms with Crippen molar-refractivity contribution in [3.8, 4) is 16.9 Å². The molecule has 0 N–H and O–H groups in total. The van der Waals surface area contributed by atoms with E-state index < -0.39 is 23.3 Å². The van der Waals surface area contributed by atoms with Gasteiger partial charge in [-0.05, 0) is 62.1 Å². The van der Waals surface area contributed by atoms with Gasteiger partial charge in [-0.1, -0.05) is 0 Å². The van der Waals surface area contributed by atoms with Crippen LogP contribution in [-0.2, 0) is 13.5 Å². The Kier molecular flexibility index (Phi) is 5.20. The van der Waals surface area contributed by atoms with E-state index in [4.69, 9.17) is 0 Å². The molecule has 2 aromatic carbocycles. The molecule has 0 spiro atoms. The number of amides is 1. The van der Waals surface area contributed by atoms with Crippen molar-refractivity contribution >= 4 is 5.91 Å². The van der Waals surface area contributed by atoms with Crippen LogP contribution in [0, 0.1) is 23.3 Å². The lowest BCUT2D eigenvalue weighted by Gasteiger charge is -2.45. The first-order chi connectivity index (χ1) is 17.3. The Bertz CT molecular complexity index is 1470. The lowest BCUT2D eigenvalue weighted by molar-refractivity contribution is 0.0391. The number of hydrogen-bond donors (Lipinski definition) is 0. The molecule has 0 saturated carbocycles. The first kappa shape index (κ1) is 22.5. The third-order valence-electron chi connectivity index (χ3n) is 7.07. The molecule has 1 fully saturated rings. The normalized spacial score (nSPS) is 18.9. The van der Waals surface area contributed by atoms with Gasteiger partial charge in [-0.15, -0.1) is 0 Å². The number of rotatable bonds is 3. The Morgan fingerprint density at radius 1 is 1.03 bits per heavy atom. The third kappa shape index (κ3) is 3.51. The summed E-state index contributed by atoms with van der Waals surface area (Å²) in [4.78, 5) is 15.5. The second-order valence-electron chi connectivity index (χ2n) is 9.26. The Labute approximate surface area is 203 Å². The molecule has 1 amide bonds. The molecule has 4 heterocycles. The van der Waals surface area contributed by atoms with E-state index in [-0.39, 0.29) is 29.1 Å². The number of hydrogen-bond acceptors (Lipinski definition) is 3. The molecule has 1 saturated heterocycles. The highest BCUT2D eigenvalue weighted by atomic mass is 19.2. The summed E-state index contributed by atoms with van der Waals surface area (Å²) in [5.41, 5.74) is 2.77. The van der Waals surface area contributed by atoms with Gasteiger partial charge in [0.1, 0.15) is 5.82 Å². The van der Waals surface area contributed by atoms with Crippen molar-refractivity contribution in [2.75, 3.05) is 0 Å². The Balaban J connectivity index is 1.41. The van der Waals surface area contributed by atoms with Crippen LogP contribution < -0.4 is 0 Å². The number of fused-ring (bicyclic) bond motifs is 4. The van der Waals surface area contributed by atoms with E-state index in [9.17, 15) is 22.4 Å². The zero-order valence-corrected chi connectivity index (χ0v) is 19.3. The van der Waals surface area contributed by atoms with E-state index in [2.05, 4.69) is 10.2 Å². The number of halogens is 4. The third-order valence-corrected chi connectivity index (χ3v) is 7.07. The number of carbonyl (C=O) groups is 1. The van der Waals surface area contributed by atoms with Gasteiger partial charge in [0.25, 0.3) is 5.91 Å². The topological polar surface area (TPSA) is 56.0 Å². The first-order valence-corrected chi connectivity index (χ1v) is 11.7. The van der Waals surface area contributed by atoms with Gasteiger partial charge >= 0.3 is 0 Å². The first-order valence-electron chi connectivity index (χ1n) is 11.7. The van der Waals surface area contributed by atoms with Crippen LogP contribution in [0.2, 0.25) is 0 Å². The number of aryl methyl sites for hydroxylation is 1. The summed E-state index contributed by atoms with van der Waals surface area (Å²) < 4.78 is 59.1. The summed E-state index contributed by atoms with van der Waals surface area (Å²) >= 11 is 0. The maximum absolute atomic E-state index is 14.5. The molecule has 36 heavy (non-hydrogen) atoms. The van der Waals surface area contributed by atoms with Gasteiger partial charge in [0.2, 0.25) is 0 Å². The summed E-state index contributed by atoms with van der Waals surface area (Å²) in [5, 5.41) is 8.75. The number of benzene rings is 2. The van der Waals surface area contributed by atoms with Gasteiger partial charge in [-0.25, -0.2) is 22.2 Å². The van der Waals surface area contributed by atoms with Gasteiger partial charge in [0, 0.05) is 42.2 Å². The van der Waals surface area contributed by atoms with Crippen LogP contribution >= 0.6 is 0 Å². The van der Waals surface area contributed by atoms with Crippen LogP contribution in [-0.4, -0.2) is 36.4 Å². The quantitative estimate of drug-likeness (QED) is 0.293. The Morgan fingerprint density at radius 2 is 1.81 bits per heavy atom. The minimum atomic E-state index is -1.52. The van der Waals surface area contributed by atoms with E-state index in [0.29, 0.717) is 29.9 Å². The highest BCUT2D eigenvalue weighted by Gasteiger charge is 2.43. The smallest absolute Gasteiger partial charge is 0.254 e. The van der Waals surface area contributed by atoms with Crippen LogP contribution in [0.25, 0.3) is 16.9 Å². The lowest BCUT2D eigenvalue weighted by atomic mass is 9.81. The molecule has 4 aromatic rings. The van der Waals surface area contributed by atoms with E-state index in [0.717, 1.165) is 30.5 Å². The van der Waals surface area contributed by atoms with Gasteiger partial charge in [-0.3, -0.25) is 9.48 Å². The monoisotopic (exact) mass is 495 g/mol. The largest absolute Gasteiger partial charge is 0.327 e. The van der Waals surface area contributed by atoms with Gasteiger partial charge < -0.3 is 4.90 Å². The summed E-state index contributed by atoms with van der Waals surface area (Å²) in [6.07, 6.45) is 5.92. The van der Waals surface area contributed by atoms with E-state index in [1.165, 1.54) is 21.5 Å². The molecule has 184 valence electrons. The molecule has 2 aliphatic rings. The molecule has 0 aliphatic carbocycles. The molecular weight excluding hydrogens is 474 g/mol. The maximum atomic E-state index is 14.5. The molecule has 2 atom stereocenters. The predicted octanol–water partition coefficient (Wildman–Crippen LogP) is 5.12. The number of piperidine rings is 1. The minimum Gasteiger partial charge on any atom is -0.327 e. The van der Waals surface area contributed by atoms with Gasteiger partial charge in [-0.2, -0.15) is 10.2 Å². The highest BCUT2D eigenvalue weighted by Crippen LogP contribution is 2.45. The SMILES string of the molecule is Cn1nc2c(c1-c1cc(F)c(F)c(F)c1)C[C@H]1CCC[C@@H]2N1C(=O)c1cc(F)cc(-n2cccn2)c1. The minimum absolute atomic E-state index is 0.189. The van der Waals surface area contributed by atoms with Crippen molar-refractivity contribution in [2.24, 2.45) is 7.05 Å². The van der Waals surface area contributed by atoms with Crippen LogP contribution in [0.15, 0.2) is 48.8 Å². The molecule has 6 rings (SSSR count). The fraction of sp³-hybridized carbons (Fsp3) is 0.269. The van der Waals surface area contributed by atoms with Crippen molar-refractivity contribution < 1.29 is 22.4 Å². The van der Waals surface area contributed by atoms with Gasteiger partial charge in [0.15, 0.2) is 17.5 Å². The number of aromatic nitrogens is 4. The van der Waals surface area contributed by atoms with Crippen molar-refractivity contribution in [1.82, 2.24) is 24.5 Å². The van der Waals surface area contributed by atoms with Crippen LogP contribution in [0.5, 0.6) is 0 Å². The Morgan fingerprint density at radius 3 is 2.53 bits per heavy atom. The van der Waals surface area contributed by atoms with Crippen LogP contribution in [0.1, 0.15) is 46.9 Å². The van der Waals surface area contributed by atoms with Gasteiger partial charge in [0.05, 0.1) is 23.1 Å². The molecule has 6 nitrogen and oxygen atoms in total. The standard InChI is InChI=1S/C26H21F4N5O/c1-33-25(14-10-20(28)23(30)21(29)11-14)19-13-17-4-2-5-22(24(19)32-33)35(17)26(36)15-8-16(27)12-18(9-15)34-7-3-6-31-34/h3,6-12,17,22H,2,4-5,13H2,1H3/t17-,22+/m1/s1. The average molecular weight is 495 g/mol. The molecule has 0 unspecified atom stereocenters. The van der Waals surface area contributed by atoms with E-state index >= 15 is 0 Å². The maximum Gasteiger partial charge on any atom is 0.254 e. The second-order valence-corrected chi connectivity index (χ2v) is 9.26. The van der Waals surface area contributed by atoms with E-state index in [1.54, 1.807) is 36.5 Å². The fourth-order valence-electron chi connectivity index (χ4n) is 5.60. The van der Waals surface area contributed by atoms with Crippen molar-refractivity contribution in [3.05, 3.63) is 88.9 Å². The van der Waals surface area contributed by atoms with Crippen molar-refractivity contribution in [1.29, 1.82) is 0 Å². The zero-order chi connectivity index (χ0) is 25.1. The summed E-state index contributed by atoms with van der Waals surface area (Å²) in [7, 11) is 1.66. The summed E-state index contributed by atoms with van der Waals surface area (Å²) in [6, 6.07) is 7.21. The van der Waals surface area contributed by atoms with Crippen molar-refractivity contribution in [3.63, 3.8) is 0 Å². The molecule has 2 aliphatic heterocycles. The molecule has 2 bridgehead atoms. The van der Waals surface area contributed by atoms with E-state index in [1.807, 2.05) is 0 Å². The second kappa shape index (κ2) is 8.32. The Hall–Kier alpha value is -3.95. The number of nitrogens with zero attached hydrogens (tertiary/aromatic N) is 5. The zero-order valence-electron chi connectivity index (χ0n) is 19.3. The molecule has 10 heteroatoms. The highest BCUT2D eigenvalue weighted by molar-refractivity contribution is 5.95. The number of carbonyl (C=O) groups excluding carboxylic acids is 1. The molecule has 0 radical (unpaired) electrons. The molecular formula is C26H21F4N5O. The molecule has 2 aromatic heterocycles. The lowest BCUT2D eigenvalue weighted by Crippen LogP contribution is -2.49. The summed E-state index contributed by atoms with van der Waals surface area (Å²) in [5.74, 6) is -4.92. The average Bonchev–Trinajstić information content (AvgIpc) is 3.49. The van der Waals surface area contributed by atoms with Crippen LogP contribution in [0.4, 0.5) is 17.6 Å². The fourth-order valence-corrected chi connectivity index (χ4v) is 5.60. The van der Waals surface area contributed by atoms with Crippen LogP contribution in [0.3, 0.4) is 0 Å². The van der Waals surface area contributed by atoms with Crippen molar-refractivity contribution in [2.45, 2.75) is 37.8 Å².